The van der Waals surface area contributed by atoms with E-state index in [1.807, 2.05) is 0 Å². The number of rotatable bonds is 1. The molecule has 0 spiro atoms. The molecule has 101 valence electrons. The van der Waals surface area contributed by atoms with Crippen LogP contribution in [0.25, 0.3) is 10.9 Å². The van der Waals surface area contributed by atoms with Gasteiger partial charge in [-0.2, -0.15) is 0 Å². The maximum atomic E-state index is 13.5. The highest BCUT2D eigenvalue weighted by Crippen LogP contribution is 2.29. The monoisotopic (exact) mass is 308 g/mol. The summed E-state index contributed by atoms with van der Waals surface area (Å²) in [6.45, 7) is 1.70. The highest BCUT2D eigenvalue weighted by atomic mass is 35.5. The molecule has 3 aromatic rings. The molecule has 0 saturated heterocycles. The fourth-order valence-electron chi connectivity index (χ4n) is 2.07. The standard InChI is InChI=1S/C14H8ClFNO2S/c1-7-4-8-5-11(18)9(16)6-10(8)17(7)14(19)12-2-3-13(15)20-12/h2-3,5-6,18H,1H3. The minimum Gasteiger partial charge on any atom is -0.505 e. The smallest absolute Gasteiger partial charge is 0.272 e. The van der Waals surface area contributed by atoms with E-state index in [9.17, 15) is 14.3 Å². The average Bonchev–Trinajstić information content (AvgIpc) is 2.93. The lowest BCUT2D eigenvalue weighted by atomic mass is 10.2. The van der Waals surface area contributed by atoms with Gasteiger partial charge in [-0.25, -0.2) is 4.39 Å². The first-order valence-electron chi connectivity index (χ1n) is 5.70. The molecule has 0 aliphatic heterocycles. The van der Waals surface area contributed by atoms with E-state index in [2.05, 4.69) is 6.07 Å². The second-order valence-corrected chi connectivity index (χ2v) is 5.99. The number of nitrogens with zero attached hydrogens (tertiary/aromatic N) is 1. The molecule has 2 heterocycles. The van der Waals surface area contributed by atoms with Crippen LogP contribution in [-0.4, -0.2) is 15.6 Å². The van der Waals surface area contributed by atoms with Crippen LogP contribution in [0.2, 0.25) is 4.34 Å². The Morgan fingerprint density at radius 1 is 1.45 bits per heavy atom. The molecule has 0 saturated carbocycles. The van der Waals surface area contributed by atoms with Gasteiger partial charge in [-0.05, 0) is 25.1 Å². The number of fused-ring (bicyclic) bond motifs is 1. The quantitative estimate of drug-likeness (QED) is 0.738. The molecule has 6 heteroatoms. The Labute approximate surface area is 122 Å². The normalized spacial score (nSPS) is 11.2. The van der Waals surface area contributed by atoms with E-state index in [1.54, 1.807) is 19.1 Å². The van der Waals surface area contributed by atoms with Crippen molar-refractivity contribution in [2.75, 3.05) is 0 Å². The molecule has 0 atom stereocenters. The molecule has 0 bridgehead atoms. The number of halogens is 2. The summed E-state index contributed by atoms with van der Waals surface area (Å²) >= 11 is 6.98. The van der Waals surface area contributed by atoms with Gasteiger partial charge in [0.2, 0.25) is 0 Å². The van der Waals surface area contributed by atoms with Crippen LogP contribution in [0.15, 0.2) is 24.3 Å². The van der Waals surface area contributed by atoms with Crippen molar-refractivity contribution in [2.45, 2.75) is 6.92 Å². The lowest BCUT2D eigenvalue weighted by Crippen LogP contribution is -2.11. The lowest BCUT2D eigenvalue weighted by Gasteiger charge is -2.05. The van der Waals surface area contributed by atoms with Crippen molar-refractivity contribution >= 4 is 39.7 Å². The van der Waals surface area contributed by atoms with Crippen LogP contribution in [-0.2, 0) is 0 Å². The number of carbonyl (C=O) groups is 1. The summed E-state index contributed by atoms with van der Waals surface area (Å²) in [5.41, 5.74) is 0.909. The molecule has 0 unspecified atom stereocenters. The zero-order valence-electron chi connectivity index (χ0n) is 10.3. The Kier molecular flexibility index (Phi) is 3.03. The Morgan fingerprint density at radius 2 is 2.20 bits per heavy atom. The summed E-state index contributed by atoms with van der Waals surface area (Å²) in [4.78, 5) is 12.9. The van der Waals surface area contributed by atoms with Gasteiger partial charge in [-0.15, -0.1) is 11.3 Å². The summed E-state index contributed by atoms with van der Waals surface area (Å²) in [7, 11) is 0. The molecule has 20 heavy (non-hydrogen) atoms. The summed E-state index contributed by atoms with van der Waals surface area (Å²) in [5.74, 6) is -1.53. The van der Waals surface area contributed by atoms with Gasteiger partial charge in [0.1, 0.15) is 0 Å². The molecule has 1 N–H and O–H groups in total. The van der Waals surface area contributed by atoms with Gasteiger partial charge in [-0.1, -0.05) is 11.6 Å². The molecule has 0 aliphatic rings. The van der Waals surface area contributed by atoms with Crippen molar-refractivity contribution in [1.82, 2.24) is 4.57 Å². The second-order valence-electron chi connectivity index (χ2n) is 4.28. The minimum absolute atomic E-state index is 0.296. The first-order chi connectivity index (χ1) is 9.47. The molecule has 3 nitrogen and oxygen atoms in total. The molecular weight excluding hydrogens is 301 g/mol. The maximum absolute atomic E-state index is 13.5. The topological polar surface area (TPSA) is 42.2 Å². The number of aromatic nitrogens is 1. The highest BCUT2D eigenvalue weighted by Gasteiger charge is 2.18. The Hall–Kier alpha value is -1.85. The van der Waals surface area contributed by atoms with E-state index < -0.39 is 11.6 Å². The number of hydrogen-bond donors (Lipinski definition) is 1. The third kappa shape index (κ3) is 1.99. The lowest BCUT2D eigenvalue weighted by molar-refractivity contribution is 0.0967. The number of hydrogen-bond acceptors (Lipinski definition) is 3. The molecule has 0 aliphatic carbocycles. The highest BCUT2D eigenvalue weighted by molar-refractivity contribution is 7.18. The van der Waals surface area contributed by atoms with E-state index in [0.717, 1.165) is 17.4 Å². The SMILES string of the molecule is Cc1[c]c2cc(O)c(F)cc2n1C(=O)c1ccc(Cl)s1. The fourth-order valence-corrected chi connectivity index (χ4v) is 3.04. The fraction of sp³-hybridized carbons (Fsp3) is 0.0714. The number of carbonyl (C=O) groups excluding carboxylic acids is 1. The number of aromatic hydroxyl groups is 1. The summed E-state index contributed by atoms with van der Waals surface area (Å²) in [6, 6.07) is 8.58. The summed E-state index contributed by atoms with van der Waals surface area (Å²) in [5, 5.41) is 9.86. The Morgan fingerprint density at radius 3 is 2.85 bits per heavy atom. The number of aryl methyl sites for hydroxylation is 1. The average molecular weight is 309 g/mol. The third-order valence-corrected chi connectivity index (χ3v) is 4.16. The zero-order valence-corrected chi connectivity index (χ0v) is 11.8. The van der Waals surface area contributed by atoms with Gasteiger partial charge in [0.15, 0.2) is 11.6 Å². The number of thiophene rings is 1. The van der Waals surface area contributed by atoms with E-state index in [-0.39, 0.29) is 5.91 Å². The van der Waals surface area contributed by atoms with Crippen molar-refractivity contribution in [3.05, 3.63) is 51.1 Å². The minimum atomic E-state index is -0.776. The van der Waals surface area contributed by atoms with Crippen molar-refractivity contribution < 1.29 is 14.3 Å². The van der Waals surface area contributed by atoms with E-state index in [4.69, 9.17) is 11.6 Å². The number of phenols is 1. The van der Waals surface area contributed by atoms with Gasteiger partial charge >= 0.3 is 0 Å². The zero-order chi connectivity index (χ0) is 14.4. The molecular formula is C14H8ClFNO2S. The summed E-state index contributed by atoms with van der Waals surface area (Å²) in [6.07, 6.45) is 0. The van der Waals surface area contributed by atoms with Crippen molar-refractivity contribution in [2.24, 2.45) is 0 Å². The number of phenolic OH excluding ortho intramolecular Hbond substituents is 1. The predicted octanol–water partition coefficient (Wildman–Crippen LogP) is 4.00. The van der Waals surface area contributed by atoms with Crippen LogP contribution >= 0.6 is 22.9 Å². The molecule has 1 aromatic carbocycles. The molecule has 2 aromatic heterocycles. The van der Waals surface area contributed by atoms with Crippen molar-refractivity contribution in [1.29, 1.82) is 0 Å². The largest absolute Gasteiger partial charge is 0.505 e. The molecule has 0 amide bonds. The van der Waals surface area contributed by atoms with Gasteiger partial charge in [0.05, 0.1) is 14.7 Å². The van der Waals surface area contributed by atoms with Gasteiger partial charge < -0.3 is 5.11 Å². The van der Waals surface area contributed by atoms with Crippen LogP contribution in [0.5, 0.6) is 5.75 Å². The molecule has 0 fully saturated rings. The molecule has 3 rings (SSSR count). The Balaban J connectivity index is 2.23. The molecule has 1 radical (unpaired) electrons. The first-order valence-corrected chi connectivity index (χ1v) is 6.89. The second kappa shape index (κ2) is 4.61. The maximum Gasteiger partial charge on any atom is 0.272 e. The van der Waals surface area contributed by atoms with Crippen LogP contribution in [0.4, 0.5) is 4.39 Å². The van der Waals surface area contributed by atoms with Crippen LogP contribution < -0.4 is 0 Å². The predicted molar refractivity (Wildman–Crippen MR) is 76.2 cm³/mol. The van der Waals surface area contributed by atoms with Crippen molar-refractivity contribution in [3.63, 3.8) is 0 Å². The first kappa shape index (κ1) is 13.1. The van der Waals surface area contributed by atoms with Gasteiger partial charge in [0.25, 0.3) is 5.91 Å². The van der Waals surface area contributed by atoms with Gasteiger partial charge in [0, 0.05) is 23.2 Å². The van der Waals surface area contributed by atoms with Crippen LogP contribution in [0.1, 0.15) is 15.4 Å². The van der Waals surface area contributed by atoms with Crippen LogP contribution in [0, 0.1) is 18.8 Å². The van der Waals surface area contributed by atoms with Crippen molar-refractivity contribution in [3.8, 4) is 5.75 Å². The van der Waals surface area contributed by atoms with E-state index in [0.29, 0.717) is 25.8 Å². The summed E-state index contributed by atoms with van der Waals surface area (Å²) < 4.78 is 15.4. The van der Waals surface area contributed by atoms with E-state index >= 15 is 0 Å². The Bertz CT molecular complexity index is 837. The third-order valence-electron chi connectivity index (χ3n) is 2.94. The van der Waals surface area contributed by atoms with Gasteiger partial charge in [-0.3, -0.25) is 9.36 Å². The van der Waals surface area contributed by atoms with E-state index in [1.165, 1.54) is 10.6 Å². The van der Waals surface area contributed by atoms with Crippen LogP contribution in [0.3, 0.4) is 0 Å². The number of benzene rings is 1.